The molecular weight excluding hydrogens is 192 g/mol. The monoisotopic (exact) mass is 204 g/mol. The van der Waals surface area contributed by atoms with E-state index in [4.69, 9.17) is 0 Å². The normalized spacial score (nSPS) is 15.3. The van der Waals surface area contributed by atoms with Gasteiger partial charge in [-0.1, -0.05) is 11.3 Å². The van der Waals surface area contributed by atoms with Crippen LogP contribution in [0.4, 0.5) is 16.2 Å². The second-order valence-corrected chi connectivity index (χ2v) is 3.55. The van der Waals surface area contributed by atoms with Gasteiger partial charge in [-0.2, -0.15) is 5.01 Å². The van der Waals surface area contributed by atoms with Gasteiger partial charge in [-0.3, -0.25) is 4.90 Å². The Morgan fingerprint density at radius 3 is 2.73 bits per heavy atom. The van der Waals surface area contributed by atoms with Crippen LogP contribution in [-0.4, -0.2) is 25.1 Å². The zero-order chi connectivity index (χ0) is 11.0. The maximum Gasteiger partial charge on any atom is 0.345 e. The molecule has 1 aliphatic heterocycles. The van der Waals surface area contributed by atoms with Gasteiger partial charge in [0.15, 0.2) is 0 Å². The maximum atomic E-state index is 11.7. The minimum atomic E-state index is -0.193. The summed E-state index contributed by atoms with van der Waals surface area (Å²) in [6.07, 6.45) is 0. The second kappa shape index (κ2) is 3.34. The van der Waals surface area contributed by atoms with Gasteiger partial charge in [0.25, 0.3) is 0 Å². The fourth-order valence-corrected chi connectivity index (χ4v) is 1.47. The number of aryl methyl sites for hydroxylation is 1. The third-order valence-electron chi connectivity index (χ3n) is 2.34. The maximum absolute atomic E-state index is 11.7. The Labute approximate surface area is 88.0 Å². The summed E-state index contributed by atoms with van der Waals surface area (Å²) in [7, 11) is 3.30. The van der Waals surface area contributed by atoms with E-state index in [1.54, 1.807) is 14.1 Å². The van der Waals surface area contributed by atoms with E-state index >= 15 is 0 Å². The largest absolute Gasteiger partial charge is 0.345 e. The third-order valence-corrected chi connectivity index (χ3v) is 2.34. The van der Waals surface area contributed by atoms with Gasteiger partial charge in [0.1, 0.15) is 5.69 Å². The van der Waals surface area contributed by atoms with Crippen LogP contribution in [0.25, 0.3) is 0 Å². The molecular formula is C10H12N4O. The summed E-state index contributed by atoms with van der Waals surface area (Å²) in [4.78, 5) is 13.2. The average molecular weight is 204 g/mol. The number of carbonyl (C=O) groups excluding carboxylic acids is 1. The van der Waals surface area contributed by atoms with Crippen LogP contribution in [0.5, 0.6) is 0 Å². The molecule has 0 radical (unpaired) electrons. The smallest absolute Gasteiger partial charge is 0.294 e. The lowest BCUT2D eigenvalue weighted by atomic mass is 10.2. The van der Waals surface area contributed by atoms with Crippen molar-refractivity contribution < 1.29 is 4.79 Å². The molecule has 0 atom stereocenters. The van der Waals surface area contributed by atoms with E-state index < -0.39 is 0 Å². The van der Waals surface area contributed by atoms with Gasteiger partial charge in [-0.15, -0.1) is 5.11 Å². The highest BCUT2D eigenvalue weighted by Gasteiger charge is 2.21. The lowest BCUT2D eigenvalue weighted by molar-refractivity contribution is 0.216. The number of rotatable bonds is 0. The highest BCUT2D eigenvalue weighted by Crippen LogP contribution is 2.31. The van der Waals surface area contributed by atoms with Crippen molar-refractivity contribution in [3.05, 3.63) is 23.8 Å². The summed E-state index contributed by atoms with van der Waals surface area (Å²) < 4.78 is 0. The van der Waals surface area contributed by atoms with Crippen LogP contribution in [-0.2, 0) is 0 Å². The lowest BCUT2D eigenvalue weighted by Crippen LogP contribution is -2.34. The first-order chi connectivity index (χ1) is 7.09. The minimum Gasteiger partial charge on any atom is -0.294 e. The number of urea groups is 1. The summed E-state index contributed by atoms with van der Waals surface area (Å²) in [5, 5.41) is 9.04. The van der Waals surface area contributed by atoms with Gasteiger partial charge in [0.2, 0.25) is 0 Å². The van der Waals surface area contributed by atoms with Gasteiger partial charge in [0.05, 0.1) is 5.69 Å². The molecule has 0 fully saturated rings. The van der Waals surface area contributed by atoms with Crippen LogP contribution in [0.3, 0.4) is 0 Å². The molecule has 0 spiro atoms. The van der Waals surface area contributed by atoms with E-state index in [2.05, 4.69) is 10.3 Å². The predicted octanol–water partition coefficient (Wildman–Crippen LogP) is 2.50. The number of hydrogen-bond donors (Lipinski definition) is 0. The van der Waals surface area contributed by atoms with E-state index in [0.717, 1.165) is 16.9 Å². The van der Waals surface area contributed by atoms with E-state index in [1.165, 1.54) is 9.91 Å². The molecule has 5 heteroatoms. The molecule has 0 unspecified atom stereocenters. The Morgan fingerprint density at radius 1 is 1.27 bits per heavy atom. The lowest BCUT2D eigenvalue weighted by Gasteiger charge is -2.18. The Balaban J connectivity index is 2.56. The van der Waals surface area contributed by atoms with Gasteiger partial charge in [-0.25, -0.2) is 4.79 Å². The van der Waals surface area contributed by atoms with Crippen LogP contribution < -0.4 is 4.90 Å². The number of anilines is 1. The first-order valence-electron chi connectivity index (χ1n) is 4.63. The van der Waals surface area contributed by atoms with Gasteiger partial charge < -0.3 is 0 Å². The van der Waals surface area contributed by atoms with Crippen LogP contribution in [0.1, 0.15) is 5.56 Å². The fourth-order valence-electron chi connectivity index (χ4n) is 1.47. The molecule has 0 N–H and O–H groups in total. The molecule has 0 aromatic heterocycles. The van der Waals surface area contributed by atoms with Crippen molar-refractivity contribution >= 4 is 17.4 Å². The van der Waals surface area contributed by atoms with E-state index in [-0.39, 0.29) is 6.03 Å². The van der Waals surface area contributed by atoms with Crippen LogP contribution in [0.2, 0.25) is 0 Å². The zero-order valence-electron chi connectivity index (χ0n) is 8.93. The van der Waals surface area contributed by atoms with Crippen molar-refractivity contribution in [1.29, 1.82) is 0 Å². The molecule has 2 amide bonds. The van der Waals surface area contributed by atoms with E-state index in [0.29, 0.717) is 0 Å². The van der Waals surface area contributed by atoms with Crippen molar-refractivity contribution in [2.75, 3.05) is 19.0 Å². The Kier molecular flexibility index (Phi) is 2.15. The summed E-state index contributed by atoms with van der Waals surface area (Å²) in [6.45, 7) is 1.98. The average Bonchev–Trinajstić information content (AvgIpc) is 2.32. The molecule has 1 aliphatic rings. The molecule has 78 valence electrons. The Morgan fingerprint density at radius 2 is 2.00 bits per heavy atom. The van der Waals surface area contributed by atoms with Crippen molar-refractivity contribution in [3.8, 4) is 0 Å². The molecule has 2 rings (SSSR count). The molecule has 1 heterocycles. The number of nitrogens with zero attached hydrogens (tertiary/aromatic N) is 4. The topological polar surface area (TPSA) is 48.3 Å². The number of amides is 2. The van der Waals surface area contributed by atoms with Crippen LogP contribution >= 0.6 is 0 Å². The Hall–Kier alpha value is -1.91. The Bertz CT molecular complexity index is 441. The van der Waals surface area contributed by atoms with Crippen molar-refractivity contribution in [1.82, 2.24) is 5.01 Å². The number of hydrogen-bond acceptors (Lipinski definition) is 3. The summed E-state index contributed by atoms with van der Waals surface area (Å²) in [6, 6.07) is 5.53. The number of benzene rings is 1. The van der Waals surface area contributed by atoms with Crippen molar-refractivity contribution in [3.63, 3.8) is 0 Å². The van der Waals surface area contributed by atoms with E-state index in [1.807, 2.05) is 25.1 Å². The highest BCUT2D eigenvalue weighted by molar-refractivity contribution is 5.94. The molecule has 0 saturated heterocycles. The van der Waals surface area contributed by atoms with Crippen molar-refractivity contribution in [2.24, 2.45) is 10.3 Å². The van der Waals surface area contributed by atoms with E-state index in [9.17, 15) is 4.79 Å². The van der Waals surface area contributed by atoms with Gasteiger partial charge in [-0.05, 0) is 24.6 Å². The second-order valence-electron chi connectivity index (χ2n) is 3.55. The summed E-state index contributed by atoms with van der Waals surface area (Å²) in [5.74, 6) is 0. The molecule has 15 heavy (non-hydrogen) atoms. The third kappa shape index (κ3) is 1.56. The van der Waals surface area contributed by atoms with Crippen LogP contribution in [0, 0.1) is 6.92 Å². The van der Waals surface area contributed by atoms with Gasteiger partial charge >= 0.3 is 6.03 Å². The number of fused-ring (bicyclic) bond motifs is 1. The first-order valence-corrected chi connectivity index (χ1v) is 4.63. The standard InChI is InChI=1S/C10H12N4O/c1-7-4-5-9-8(6-7)11-12-14(3)10(15)13(9)2/h4-6H,1-3H3. The molecule has 1 aromatic carbocycles. The number of carbonyl (C=O) groups is 1. The quantitative estimate of drug-likeness (QED) is 0.640. The fraction of sp³-hybridized carbons (Fsp3) is 0.300. The molecule has 0 aliphatic carbocycles. The highest BCUT2D eigenvalue weighted by atomic mass is 16.2. The predicted molar refractivity (Wildman–Crippen MR) is 57.3 cm³/mol. The molecule has 0 saturated carbocycles. The molecule has 5 nitrogen and oxygen atoms in total. The molecule has 1 aromatic rings. The minimum absolute atomic E-state index is 0.193. The first kappa shape index (κ1) is 9.64. The molecule has 0 bridgehead atoms. The van der Waals surface area contributed by atoms with Crippen LogP contribution in [0.15, 0.2) is 28.5 Å². The van der Waals surface area contributed by atoms with Crippen molar-refractivity contribution in [2.45, 2.75) is 6.92 Å². The summed E-state index contributed by atoms with van der Waals surface area (Å²) >= 11 is 0. The van der Waals surface area contributed by atoms with Gasteiger partial charge in [0, 0.05) is 14.1 Å². The zero-order valence-corrected chi connectivity index (χ0v) is 8.93. The summed E-state index contributed by atoms with van der Waals surface area (Å²) in [5.41, 5.74) is 2.59. The SMILES string of the molecule is Cc1ccc2c(c1)N=NN(C)C(=O)N2C.